The number of rotatable bonds is 8. The summed E-state index contributed by atoms with van der Waals surface area (Å²) in [4.78, 5) is 21.1. The van der Waals surface area contributed by atoms with Gasteiger partial charge < -0.3 is 14.9 Å². The molecular formula is C13H15FO5. The molecule has 0 fully saturated rings. The van der Waals surface area contributed by atoms with E-state index in [4.69, 9.17) is 14.9 Å². The van der Waals surface area contributed by atoms with E-state index in [-0.39, 0.29) is 25.9 Å². The van der Waals surface area contributed by atoms with E-state index in [0.29, 0.717) is 5.56 Å². The largest absolute Gasteiger partial charge is 0.481 e. The third kappa shape index (κ3) is 5.96. The highest BCUT2D eigenvalue weighted by atomic mass is 19.1. The van der Waals surface area contributed by atoms with Gasteiger partial charge in [-0.05, 0) is 12.5 Å². The van der Waals surface area contributed by atoms with Crippen LogP contribution in [-0.4, -0.2) is 28.3 Å². The summed E-state index contributed by atoms with van der Waals surface area (Å²) in [7, 11) is 0. The maximum Gasteiger partial charge on any atom is 0.305 e. The zero-order valence-electron chi connectivity index (χ0n) is 10.2. The van der Waals surface area contributed by atoms with Crippen LogP contribution in [0.1, 0.15) is 24.8 Å². The van der Waals surface area contributed by atoms with Gasteiger partial charge in [-0.2, -0.15) is 0 Å². The van der Waals surface area contributed by atoms with E-state index in [2.05, 4.69) is 0 Å². The van der Waals surface area contributed by atoms with Crippen molar-refractivity contribution < 1.29 is 28.9 Å². The minimum Gasteiger partial charge on any atom is -0.481 e. The third-order valence-corrected chi connectivity index (χ3v) is 2.51. The van der Waals surface area contributed by atoms with Crippen LogP contribution in [0.25, 0.3) is 0 Å². The summed E-state index contributed by atoms with van der Waals surface area (Å²) >= 11 is 0. The molecule has 104 valence electrons. The van der Waals surface area contributed by atoms with Gasteiger partial charge in [-0.25, -0.2) is 4.39 Å². The molecule has 1 rings (SSSR count). The van der Waals surface area contributed by atoms with Gasteiger partial charge in [0.15, 0.2) is 0 Å². The molecule has 1 atom stereocenters. The highest BCUT2D eigenvalue weighted by Crippen LogP contribution is 2.13. The Kier molecular flexibility index (Phi) is 5.95. The molecule has 2 N–H and O–H groups in total. The first kappa shape index (κ1) is 15.1. The summed E-state index contributed by atoms with van der Waals surface area (Å²) in [6.45, 7) is -0.0791. The molecule has 0 radical (unpaired) electrons. The first-order valence-corrected chi connectivity index (χ1v) is 5.77. The summed E-state index contributed by atoms with van der Waals surface area (Å²) in [5.74, 6) is -2.54. The van der Waals surface area contributed by atoms with E-state index in [1.54, 1.807) is 6.07 Å². The Morgan fingerprint density at radius 3 is 2.47 bits per heavy atom. The van der Waals surface area contributed by atoms with Crippen molar-refractivity contribution in [2.75, 3.05) is 0 Å². The summed E-state index contributed by atoms with van der Waals surface area (Å²) in [6.07, 6.45) is -1.15. The molecule has 1 aromatic carbocycles. The van der Waals surface area contributed by atoms with Gasteiger partial charge >= 0.3 is 11.9 Å². The Morgan fingerprint density at radius 1 is 1.21 bits per heavy atom. The number of aliphatic carboxylic acids is 2. The van der Waals surface area contributed by atoms with Crippen LogP contribution in [0.15, 0.2) is 24.3 Å². The molecular weight excluding hydrogens is 255 g/mol. The molecule has 0 aliphatic carbocycles. The van der Waals surface area contributed by atoms with E-state index < -0.39 is 23.9 Å². The lowest BCUT2D eigenvalue weighted by Crippen LogP contribution is -2.19. The van der Waals surface area contributed by atoms with Gasteiger partial charge in [-0.15, -0.1) is 0 Å². The second kappa shape index (κ2) is 7.48. The number of halogens is 1. The van der Waals surface area contributed by atoms with Crippen LogP contribution in [0.3, 0.4) is 0 Å². The molecule has 0 aliphatic heterocycles. The molecule has 5 nitrogen and oxygen atoms in total. The van der Waals surface area contributed by atoms with E-state index in [0.717, 1.165) is 0 Å². The summed E-state index contributed by atoms with van der Waals surface area (Å²) in [5.41, 5.74) is 0.313. The predicted octanol–water partition coefficient (Wildman–Crippen LogP) is 2.05. The van der Waals surface area contributed by atoms with Crippen molar-refractivity contribution in [1.29, 1.82) is 0 Å². The fourth-order valence-corrected chi connectivity index (χ4v) is 1.55. The number of hydrogen-bond donors (Lipinski definition) is 2. The minimum absolute atomic E-state index is 0.0791. The fourth-order valence-electron chi connectivity index (χ4n) is 1.55. The van der Waals surface area contributed by atoms with Crippen LogP contribution in [0, 0.1) is 5.82 Å². The smallest absolute Gasteiger partial charge is 0.305 e. The molecule has 19 heavy (non-hydrogen) atoms. The minimum atomic E-state index is -1.08. The van der Waals surface area contributed by atoms with Crippen molar-refractivity contribution in [1.82, 2.24) is 0 Å². The number of benzene rings is 1. The molecule has 0 saturated heterocycles. The van der Waals surface area contributed by atoms with E-state index in [1.807, 2.05) is 0 Å². The molecule has 0 saturated carbocycles. The lowest BCUT2D eigenvalue weighted by atomic mass is 10.1. The highest BCUT2D eigenvalue weighted by molar-refractivity contribution is 5.68. The first-order valence-electron chi connectivity index (χ1n) is 5.77. The average Bonchev–Trinajstić information content (AvgIpc) is 2.33. The highest BCUT2D eigenvalue weighted by Gasteiger charge is 2.16. The number of ether oxygens (including phenoxy) is 1. The van der Waals surface area contributed by atoms with Crippen LogP contribution in [0.2, 0.25) is 0 Å². The van der Waals surface area contributed by atoms with Gasteiger partial charge in [0.2, 0.25) is 0 Å². The van der Waals surface area contributed by atoms with Crippen LogP contribution >= 0.6 is 0 Å². The van der Waals surface area contributed by atoms with Gasteiger partial charge in [0.05, 0.1) is 19.1 Å². The maximum atomic E-state index is 13.3. The Hall–Kier alpha value is -1.95. The number of carboxylic acid groups (broad SMARTS) is 2. The molecule has 1 unspecified atom stereocenters. The lowest BCUT2D eigenvalue weighted by Gasteiger charge is -2.15. The Morgan fingerprint density at radius 2 is 1.89 bits per heavy atom. The summed E-state index contributed by atoms with van der Waals surface area (Å²) in [5, 5.41) is 17.3. The quantitative estimate of drug-likeness (QED) is 0.755. The number of carbonyl (C=O) groups is 2. The molecule has 0 heterocycles. The van der Waals surface area contributed by atoms with Crippen molar-refractivity contribution in [3.05, 3.63) is 35.6 Å². The molecule has 0 bridgehead atoms. The summed E-state index contributed by atoms with van der Waals surface area (Å²) < 4.78 is 18.6. The van der Waals surface area contributed by atoms with Crippen molar-refractivity contribution in [3.8, 4) is 0 Å². The molecule has 0 aliphatic rings. The number of hydrogen-bond acceptors (Lipinski definition) is 3. The van der Waals surface area contributed by atoms with Crippen LogP contribution < -0.4 is 0 Å². The molecule has 0 amide bonds. The van der Waals surface area contributed by atoms with Gasteiger partial charge in [-0.1, -0.05) is 18.2 Å². The fraction of sp³-hybridized carbons (Fsp3) is 0.385. The first-order chi connectivity index (χ1) is 8.99. The van der Waals surface area contributed by atoms with E-state index in [9.17, 15) is 14.0 Å². The van der Waals surface area contributed by atoms with Crippen LogP contribution in [0.5, 0.6) is 0 Å². The zero-order valence-corrected chi connectivity index (χ0v) is 10.2. The van der Waals surface area contributed by atoms with Crippen molar-refractivity contribution in [2.45, 2.75) is 32.0 Å². The van der Waals surface area contributed by atoms with Gasteiger partial charge in [0, 0.05) is 12.0 Å². The molecule has 0 aromatic heterocycles. The Labute approximate surface area is 109 Å². The van der Waals surface area contributed by atoms with Crippen LogP contribution in [-0.2, 0) is 20.9 Å². The number of carboxylic acids is 2. The van der Waals surface area contributed by atoms with Gasteiger partial charge in [0.25, 0.3) is 0 Å². The SMILES string of the molecule is O=C(O)CCC(CC(=O)O)OCc1ccccc1F. The molecule has 6 heteroatoms. The maximum absolute atomic E-state index is 13.3. The van der Waals surface area contributed by atoms with Crippen molar-refractivity contribution >= 4 is 11.9 Å². The lowest BCUT2D eigenvalue weighted by molar-refractivity contribution is -0.143. The Bertz CT molecular complexity index is 446. The Balaban J connectivity index is 2.54. The zero-order chi connectivity index (χ0) is 14.3. The average molecular weight is 270 g/mol. The third-order valence-electron chi connectivity index (χ3n) is 2.51. The molecule has 1 aromatic rings. The molecule has 0 spiro atoms. The topological polar surface area (TPSA) is 83.8 Å². The van der Waals surface area contributed by atoms with E-state index >= 15 is 0 Å². The van der Waals surface area contributed by atoms with E-state index in [1.165, 1.54) is 18.2 Å². The normalized spacial score (nSPS) is 12.1. The van der Waals surface area contributed by atoms with Gasteiger partial charge in [-0.3, -0.25) is 9.59 Å². The summed E-state index contributed by atoms with van der Waals surface area (Å²) in [6, 6.07) is 6.00. The monoisotopic (exact) mass is 270 g/mol. The second-order valence-corrected chi connectivity index (χ2v) is 4.05. The second-order valence-electron chi connectivity index (χ2n) is 4.05. The van der Waals surface area contributed by atoms with Crippen molar-refractivity contribution in [2.24, 2.45) is 0 Å². The predicted molar refractivity (Wildman–Crippen MR) is 64.1 cm³/mol. The van der Waals surface area contributed by atoms with Gasteiger partial charge in [0.1, 0.15) is 5.82 Å². The van der Waals surface area contributed by atoms with Crippen molar-refractivity contribution in [3.63, 3.8) is 0 Å². The van der Waals surface area contributed by atoms with Crippen LogP contribution in [0.4, 0.5) is 4.39 Å². The standard InChI is InChI=1S/C13H15FO5/c14-11-4-2-1-3-9(11)8-19-10(7-13(17)18)5-6-12(15)16/h1-4,10H,5-8H2,(H,15,16)(H,17,18).